The zero-order chi connectivity index (χ0) is 19.2. The molecule has 1 heterocycles. The number of hydrogen-bond donors (Lipinski definition) is 0. The number of aromatic nitrogens is 2. The first-order chi connectivity index (χ1) is 13.0. The minimum Gasteiger partial charge on any atom is -0.497 e. The molecule has 3 rings (SSSR count). The number of halogens is 1. The summed E-state index contributed by atoms with van der Waals surface area (Å²) in [5.41, 5.74) is 1.52. The van der Waals surface area contributed by atoms with Gasteiger partial charge in [-0.3, -0.25) is 4.79 Å². The molecule has 7 heteroatoms. The van der Waals surface area contributed by atoms with Crippen molar-refractivity contribution >= 4 is 12.0 Å². The summed E-state index contributed by atoms with van der Waals surface area (Å²) in [7, 11) is 3.23. The Hall–Kier alpha value is -3.48. The number of ether oxygens (including phenoxy) is 1. The van der Waals surface area contributed by atoms with E-state index in [-0.39, 0.29) is 18.3 Å². The Balaban J connectivity index is 1.61. The van der Waals surface area contributed by atoms with Gasteiger partial charge in [-0.25, -0.2) is 4.39 Å². The summed E-state index contributed by atoms with van der Waals surface area (Å²) in [5.74, 6) is 0.950. The molecule has 0 aliphatic rings. The van der Waals surface area contributed by atoms with Crippen LogP contribution in [0.3, 0.4) is 0 Å². The fourth-order valence-electron chi connectivity index (χ4n) is 2.33. The van der Waals surface area contributed by atoms with Crippen molar-refractivity contribution in [3.05, 3.63) is 71.9 Å². The number of benzene rings is 2. The van der Waals surface area contributed by atoms with Crippen LogP contribution in [0.2, 0.25) is 0 Å². The van der Waals surface area contributed by atoms with Gasteiger partial charge in [0.1, 0.15) is 11.6 Å². The van der Waals surface area contributed by atoms with E-state index in [9.17, 15) is 9.18 Å². The van der Waals surface area contributed by atoms with Gasteiger partial charge in [-0.15, -0.1) is 0 Å². The molecule has 1 aromatic heterocycles. The summed E-state index contributed by atoms with van der Waals surface area (Å²) in [6, 6.07) is 13.1. The summed E-state index contributed by atoms with van der Waals surface area (Å²) in [6.45, 7) is 0.176. The highest BCUT2D eigenvalue weighted by Crippen LogP contribution is 2.20. The van der Waals surface area contributed by atoms with Gasteiger partial charge < -0.3 is 14.2 Å². The van der Waals surface area contributed by atoms with Crippen molar-refractivity contribution in [3.8, 4) is 17.1 Å². The maximum atomic E-state index is 12.9. The van der Waals surface area contributed by atoms with Crippen LogP contribution in [0.5, 0.6) is 5.75 Å². The van der Waals surface area contributed by atoms with E-state index in [0.717, 1.165) is 16.9 Å². The fraction of sp³-hybridized carbons (Fsp3) is 0.150. The number of methoxy groups -OCH3 is 1. The van der Waals surface area contributed by atoms with E-state index in [1.54, 1.807) is 44.5 Å². The minimum absolute atomic E-state index is 0.176. The van der Waals surface area contributed by atoms with Crippen LogP contribution in [-0.4, -0.2) is 35.1 Å². The average molecular weight is 367 g/mol. The number of carbonyl (C=O) groups is 1. The van der Waals surface area contributed by atoms with Crippen LogP contribution in [0.4, 0.5) is 4.39 Å². The number of nitrogens with zero attached hydrogens (tertiary/aromatic N) is 3. The summed E-state index contributed by atoms with van der Waals surface area (Å²) in [5, 5.41) is 3.94. The zero-order valence-electron chi connectivity index (χ0n) is 14.9. The molecule has 0 fully saturated rings. The number of rotatable bonds is 6. The first-order valence-electron chi connectivity index (χ1n) is 8.21. The van der Waals surface area contributed by atoms with E-state index in [2.05, 4.69) is 10.1 Å². The van der Waals surface area contributed by atoms with Crippen molar-refractivity contribution in [2.45, 2.75) is 6.54 Å². The predicted octanol–water partition coefficient (Wildman–Crippen LogP) is 3.56. The van der Waals surface area contributed by atoms with E-state index in [1.807, 2.05) is 12.1 Å². The van der Waals surface area contributed by atoms with Gasteiger partial charge in [0.05, 0.1) is 13.7 Å². The first-order valence-corrected chi connectivity index (χ1v) is 8.21. The van der Waals surface area contributed by atoms with Gasteiger partial charge in [-0.2, -0.15) is 4.98 Å². The highest BCUT2D eigenvalue weighted by Gasteiger charge is 2.13. The highest BCUT2D eigenvalue weighted by molar-refractivity contribution is 5.91. The van der Waals surface area contributed by atoms with Crippen LogP contribution in [0.15, 0.2) is 59.1 Å². The number of hydrogen-bond acceptors (Lipinski definition) is 5. The Kier molecular flexibility index (Phi) is 5.61. The maximum Gasteiger partial charge on any atom is 0.246 e. The molecule has 2 aromatic carbocycles. The van der Waals surface area contributed by atoms with Crippen molar-refractivity contribution < 1.29 is 18.4 Å². The van der Waals surface area contributed by atoms with Crippen LogP contribution < -0.4 is 4.74 Å². The summed E-state index contributed by atoms with van der Waals surface area (Å²) >= 11 is 0. The third kappa shape index (κ3) is 4.78. The average Bonchev–Trinajstić information content (AvgIpc) is 3.15. The molecular formula is C20H18FN3O3. The Labute approximate surface area is 155 Å². The lowest BCUT2D eigenvalue weighted by Gasteiger charge is -2.11. The van der Waals surface area contributed by atoms with E-state index >= 15 is 0 Å². The Morgan fingerprint density at radius 1 is 1.19 bits per heavy atom. The van der Waals surface area contributed by atoms with E-state index < -0.39 is 0 Å². The summed E-state index contributed by atoms with van der Waals surface area (Å²) in [6.07, 6.45) is 3.03. The van der Waals surface area contributed by atoms with Crippen LogP contribution in [0.1, 0.15) is 11.5 Å². The normalized spacial score (nSPS) is 10.9. The second-order valence-electron chi connectivity index (χ2n) is 5.82. The molecule has 0 aliphatic carbocycles. The van der Waals surface area contributed by atoms with Crippen molar-refractivity contribution in [3.63, 3.8) is 0 Å². The Morgan fingerprint density at radius 3 is 2.56 bits per heavy atom. The minimum atomic E-state index is -0.320. The van der Waals surface area contributed by atoms with Gasteiger partial charge in [0.15, 0.2) is 0 Å². The molecule has 0 aliphatic heterocycles. The molecule has 0 N–H and O–H groups in total. The van der Waals surface area contributed by atoms with Crippen molar-refractivity contribution in [2.24, 2.45) is 0 Å². The molecule has 6 nitrogen and oxygen atoms in total. The van der Waals surface area contributed by atoms with Gasteiger partial charge in [-0.1, -0.05) is 17.3 Å². The van der Waals surface area contributed by atoms with E-state index in [0.29, 0.717) is 11.7 Å². The van der Waals surface area contributed by atoms with Crippen LogP contribution in [0, 0.1) is 5.82 Å². The third-order valence-electron chi connectivity index (χ3n) is 3.85. The monoisotopic (exact) mass is 367 g/mol. The Morgan fingerprint density at radius 2 is 1.89 bits per heavy atom. The van der Waals surface area contributed by atoms with Gasteiger partial charge in [0, 0.05) is 18.7 Å². The van der Waals surface area contributed by atoms with Gasteiger partial charge in [0.25, 0.3) is 0 Å². The second-order valence-corrected chi connectivity index (χ2v) is 5.82. The van der Waals surface area contributed by atoms with E-state index in [4.69, 9.17) is 9.26 Å². The molecule has 0 saturated heterocycles. The van der Waals surface area contributed by atoms with Crippen molar-refractivity contribution in [1.29, 1.82) is 0 Å². The lowest BCUT2D eigenvalue weighted by Crippen LogP contribution is -2.24. The van der Waals surface area contributed by atoms with Crippen LogP contribution >= 0.6 is 0 Å². The predicted molar refractivity (Wildman–Crippen MR) is 98.2 cm³/mol. The lowest BCUT2D eigenvalue weighted by molar-refractivity contribution is -0.125. The number of carbonyl (C=O) groups excluding carboxylic acids is 1. The number of likely N-dealkylation sites (N-methyl/N-ethyl adjacent to an activating group) is 1. The molecule has 0 unspecified atom stereocenters. The SMILES string of the molecule is COc1ccc(-c2noc(CN(C)C(=O)/C=C/c3ccc(F)cc3)n2)cc1. The molecule has 0 saturated carbocycles. The van der Waals surface area contributed by atoms with Crippen LogP contribution in [-0.2, 0) is 11.3 Å². The standard InChI is InChI=1S/C20H18FN3O3/c1-24(19(25)12-5-14-3-8-16(21)9-4-14)13-18-22-20(23-27-18)15-6-10-17(26-2)11-7-15/h3-12H,13H2,1-2H3/b12-5+. The first kappa shape index (κ1) is 18.3. The molecule has 0 bridgehead atoms. The smallest absolute Gasteiger partial charge is 0.246 e. The fourth-order valence-corrected chi connectivity index (χ4v) is 2.33. The highest BCUT2D eigenvalue weighted by atomic mass is 19.1. The quantitative estimate of drug-likeness (QED) is 0.623. The molecule has 3 aromatic rings. The molecule has 0 atom stereocenters. The summed E-state index contributed by atoms with van der Waals surface area (Å²) in [4.78, 5) is 18.0. The molecule has 27 heavy (non-hydrogen) atoms. The third-order valence-corrected chi connectivity index (χ3v) is 3.85. The van der Waals surface area contributed by atoms with Gasteiger partial charge >= 0.3 is 0 Å². The van der Waals surface area contributed by atoms with E-state index in [1.165, 1.54) is 23.1 Å². The van der Waals surface area contributed by atoms with Crippen molar-refractivity contribution in [1.82, 2.24) is 15.0 Å². The topological polar surface area (TPSA) is 68.5 Å². The lowest BCUT2D eigenvalue weighted by atomic mass is 10.2. The van der Waals surface area contributed by atoms with Gasteiger partial charge in [-0.05, 0) is 48.0 Å². The largest absolute Gasteiger partial charge is 0.497 e. The Bertz CT molecular complexity index is 934. The number of amides is 1. The molecule has 0 spiro atoms. The maximum absolute atomic E-state index is 12.9. The second kappa shape index (κ2) is 8.27. The van der Waals surface area contributed by atoms with Crippen molar-refractivity contribution in [2.75, 3.05) is 14.2 Å². The molecular weight excluding hydrogens is 349 g/mol. The van der Waals surface area contributed by atoms with Gasteiger partial charge in [0.2, 0.25) is 17.6 Å². The molecule has 138 valence electrons. The summed E-state index contributed by atoms with van der Waals surface area (Å²) < 4.78 is 23.2. The molecule has 0 radical (unpaired) electrons. The zero-order valence-corrected chi connectivity index (χ0v) is 14.9. The molecule has 1 amide bonds. The van der Waals surface area contributed by atoms with Crippen LogP contribution in [0.25, 0.3) is 17.5 Å².